The SMILES string of the molecule is CC1(C)Cc2cc(-c3cccc(C(F)(F)F)c3)ccc2C1NC(=O)O[C@@H]1CN2CCC1CC2. The molecule has 2 aromatic carbocycles. The molecule has 1 unspecified atom stereocenters. The second-order valence-electron chi connectivity index (χ2n) is 10.3. The minimum atomic E-state index is -4.38. The Hall–Kier alpha value is -2.54. The first-order chi connectivity index (χ1) is 15.6. The van der Waals surface area contributed by atoms with Gasteiger partial charge in [-0.05, 0) is 78.1 Å². The van der Waals surface area contributed by atoms with E-state index in [4.69, 9.17) is 4.74 Å². The second-order valence-corrected chi connectivity index (χ2v) is 10.3. The summed E-state index contributed by atoms with van der Waals surface area (Å²) in [6, 6.07) is 10.9. The maximum atomic E-state index is 13.1. The van der Waals surface area contributed by atoms with E-state index in [2.05, 4.69) is 24.1 Å². The van der Waals surface area contributed by atoms with Crippen molar-refractivity contribution in [1.82, 2.24) is 10.2 Å². The molecule has 4 aliphatic rings. The van der Waals surface area contributed by atoms with Crippen LogP contribution in [0, 0.1) is 11.3 Å². The highest BCUT2D eigenvalue weighted by atomic mass is 19.4. The zero-order valence-electron chi connectivity index (χ0n) is 18.9. The van der Waals surface area contributed by atoms with Crippen molar-refractivity contribution in [2.75, 3.05) is 19.6 Å². The molecule has 4 nitrogen and oxygen atoms in total. The van der Waals surface area contributed by atoms with Crippen molar-refractivity contribution < 1.29 is 22.7 Å². The lowest BCUT2D eigenvalue weighted by Crippen LogP contribution is -2.53. The fraction of sp³-hybridized carbons (Fsp3) is 0.500. The lowest BCUT2D eigenvalue weighted by Gasteiger charge is -2.44. The Kier molecular flexibility index (Phi) is 5.43. The van der Waals surface area contributed by atoms with Crippen LogP contribution in [-0.2, 0) is 17.3 Å². The van der Waals surface area contributed by atoms with Crippen molar-refractivity contribution in [3.63, 3.8) is 0 Å². The molecule has 3 fully saturated rings. The Bertz CT molecular complexity index is 1060. The summed E-state index contributed by atoms with van der Waals surface area (Å²) in [5.41, 5.74) is 2.43. The number of hydrogen-bond acceptors (Lipinski definition) is 3. The van der Waals surface area contributed by atoms with E-state index in [0.29, 0.717) is 11.5 Å². The van der Waals surface area contributed by atoms with E-state index in [1.807, 2.05) is 18.2 Å². The summed E-state index contributed by atoms with van der Waals surface area (Å²) in [4.78, 5) is 15.2. The van der Waals surface area contributed by atoms with Crippen molar-refractivity contribution in [2.24, 2.45) is 11.3 Å². The molecule has 3 saturated heterocycles. The highest BCUT2D eigenvalue weighted by Crippen LogP contribution is 2.46. The van der Waals surface area contributed by atoms with Gasteiger partial charge in [-0.25, -0.2) is 4.79 Å². The average molecular weight is 459 g/mol. The van der Waals surface area contributed by atoms with Crippen molar-refractivity contribution in [1.29, 1.82) is 0 Å². The predicted molar refractivity (Wildman–Crippen MR) is 120 cm³/mol. The van der Waals surface area contributed by atoms with Crippen LogP contribution in [0.3, 0.4) is 0 Å². The number of nitrogens with one attached hydrogen (secondary N) is 1. The van der Waals surface area contributed by atoms with Crippen molar-refractivity contribution >= 4 is 6.09 Å². The van der Waals surface area contributed by atoms with Crippen LogP contribution in [0.4, 0.5) is 18.0 Å². The summed E-state index contributed by atoms with van der Waals surface area (Å²) < 4.78 is 45.3. The molecular formula is C26H29F3N2O2. The van der Waals surface area contributed by atoms with Gasteiger partial charge in [0.05, 0.1) is 11.6 Å². The van der Waals surface area contributed by atoms with Gasteiger partial charge in [0.2, 0.25) is 0 Å². The Balaban J connectivity index is 1.34. The molecule has 2 bridgehead atoms. The molecule has 3 aliphatic heterocycles. The van der Waals surface area contributed by atoms with E-state index < -0.39 is 11.7 Å². The number of alkyl carbamates (subject to hydrolysis) is 1. The number of ether oxygens (including phenoxy) is 1. The zero-order chi connectivity index (χ0) is 23.4. The molecule has 33 heavy (non-hydrogen) atoms. The summed E-state index contributed by atoms with van der Waals surface area (Å²) >= 11 is 0. The third-order valence-electron chi connectivity index (χ3n) is 7.52. The lowest BCUT2D eigenvalue weighted by atomic mass is 9.85. The molecule has 0 aromatic heterocycles. The molecule has 6 rings (SSSR count). The highest BCUT2D eigenvalue weighted by molar-refractivity contribution is 5.70. The summed E-state index contributed by atoms with van der Waals surface area (Å²) in [5, 5.41) is 3.09. The van der Waals surface area contributed by atoms with Crippen LogP contribution < -0.4 is 5.32 Å². The summed E-state index contributed by atoms with van der Waals surface area (Å²) in [7, 11) is 0. The average Bonchev–Trinajstić information content (AvgIpc) is 3.02. The zero-order valence-corrected chi connectivity index (χ0v) is 18.9. The van der Waals surface area contributed by atoms with Gasteiger partial charge in [-0.1, -0.05) is 44.2 Å². The first kappa shape index (κ1) is 22.3. The van der Waals surface area contributed by atoms with Gasteiger partial charge < -0.3 is 10.1 Å². The summed E-state index contributed by atoms with van der Waals surface area (Å²) in [6.07, 6.45) is -1.94. The number of carbonyl (C=O) groups excluding carboxylic acids is 1. The van der Waals surface area contributed by atoms with E-state index in [9.17, 15) is 18.0 Å². The molecule has 1 amide bonds. The molecule has 1 N–H and O–H groups in total. The van der Waals surface area contributed by atoms with Crippen molar-refractivity contribution in [3.8, 4) is 11.1 Å². The number of benzene rings is 2. The number of hydrogen-bond donors (Lipinski definition) is 1. The van der Waals surface area contributed by atoms with Crippen molar-refractivity contribution in [2.45, 2.75) is 51.4 Å². The first-order valence-electron chi connectivity index (χ1n) is 11.6. The van der Waals surface area contributed by atoms with Gasteiger partial charge in [0.15, 0.2) is 0 Å². The van der Waals surface area contributed by atoms with Gasteiger partial charge in [-0.3, -0.25) is 4.90 Å². The summed E-state index contributed by atoms with van der Waals surface area (Å²) in [6.45, 7) is 7.17. The molecular weight excluding hydrogens is 429 g/mol. The van der Waals surface area contributed by atoms with Gasteiger partial charge >= 0.3 is 12.3 Å². The number of fused-ring (bicyclic) bond motifs is 4. The number of carbonyl (C=O) groups is 1. The smallest absolute Gasteiger partial charge is 0.416 e. The Morgan fingerprint density at radius 2 is 1.82 bits per heavy atom. The van der Waals surface area contributed by atoms with Crippen LogP contribution in [0.5, 0.6) is 0 Å². The van der Waals surface area contributed by atoms with Crippen LogP contribution >= 0.6 is 0 Å². The van der Waals surface area contributed by atoms with Gasteiger partial charge in [-0.15, -0.1) is 0 Å². The van der Waals surface area contributed by atoms with Crippen molar-refractivity contribution in [3.05, 3.63) is 59.2 Å². The minimum Gasteiger partial charge on any atom is -0.445 e. The fourth-order valence-corrected chi connectivity index (χ4v) is 5.72. The van der Waals surface area contributed by atoms with Crippen LogP contribution in [0.1, 0.15) is 49.4 Å². The lowest BCUT2D eigenvalue weighted by molar-refractivity contribution is -0.137. The molecule has 3 heterocycles. The monoisotopic (exact) mass is 458 g/mol. The number of nitrogens with zero attached hydrogens (tertiary/aromatic N) is 1. The second kappa shape index (κ2) is 8.05. The predicted octanol–water partition coefficient (Wildman–Crippen LogP) is 5.82. The molecule has 2 aromatic rings. The highest BCUT2D eigenvalue weighted by Gasteiger charge is 2.42. The molecule has 0 spiro atoms. The van der Waals surface area contributed by atoms with E-state index in [0.717, 1.165) is 61.7 Å². The molecule has 2 atom stereocenters. The molecule has 1 aliphatic carbocycles. The van der Waals surface area contributed by atoms with Gasteiger partial charge in [0.1, 0.15) is 6.10 Å². The number of amides is 1. The quantitative estimate of drug-likeness (QED) is 0.631. The third kappa shape index (κ3) is 4.35. The Labute approximate surface area is 192 Å². The standard InChI is InChI=1S/C26H29F3N2O2/c1-25(2)14-19-12-18(17-4-3-5-20(13-17)26(27,28)29)6-7-21(19)23(25)30-24(32)33-22-15-31-10-8-16(22)9-11-31/h3-7,12-13,16,22-23H,8-11,14-15H2,1-2H3,(H,30,32)/t22-,23?/m1/s1. The van der Waals surface area contributed by atoms with E-state index in [1.54, 1.807) is 6.07 Å². The normalized spacial score (nSPS) is 27.8. The maximum Gasteiger partial charge on any atom is 0.416 e. The fourth-order valence-electron chi connectivity index (χ4n) is 5.72. The molecule has 7 heteroatoms. The van der Waals surface area contributed by atoms with Gasteiger partial charge in [-0.2, -0.15) is 13.2 Å². The Morgan fingerprint density at radius 1 is 1.09 bits per heavy atom. The van der Waals surface area contributed by atoms with E-state index in [-0.39, 0.29) is 23.7 Å². The van der Waals surface area contributed by atoms with E-state index in [1.165, 1.54) is 12.1 Å². The van der Waals surface area contributed by atoms with Gasteiger partial charge in [0.25, 0.3) is 0 Å². The number of piperidine rings is 3. The Morgan fingerprint density at radius 3 is 2.48 bits per heavy atom. The van der Waals surface area contributed by atoms with Crippen LogP contribution in [0.2, 0.25) is 0 Å². The number of halogens is 3. The van der Waals surface area contributed by atoms with Crippen LogP contribution in [-0.4, -0.2) is 36.7 Å². The molecule has 0 radical (unpaired) electrons. The third-order valence-corrected chi connectivity index (χ3v) is 7.52. The van der Waals surface area contributed by atoms with E-state index >= 15 is 0 Å². The topological polar surface area (TPSA) is 41.6 Å². The van der Waals surface area contributed by atoms with Crippen LogP contribution in [0.25, 0.3) is 11.1 Å². The molecule has 0 saturated carbocycles. The minimum absolute atomic E-state index is 0.0558. The molecule has 176 valence electrons. The number of rotatable bonds is 3. The summed E-state index contributed by atoms with van der Waals surface area (Å²) in [5.74, 6) is 0.444. The van der Waals surface area contributed by atoms with Crippen LogP contribution in [0.15, 0.2) is 42.5 Å². The first-order valence-corrected chi connectivity index (χ1v) is 11.6. The largest absolute Gasteiger partial charge is 0.445 e. The van der Waals surface area contributed by atoms with Gasteiger partial charge in [0, 0.05) is 6.54 Å². The number of alkyl halides is 3. The maximum absolute atomic E-state index is 13.1.